The Labute approximate surface area is 93.2 Å². The summed E-state index contributed by atoms with van der Waals surface area (Å²) in [6.07, 6.45) is 2.25. The molecule has 0 unspecified atom stereocenters. The standard InChI is InChI=1S/C12H24N2O/c1-10(2)13-9-11(15)14-7-5-12(3,4)6-8-14/h10,13H,5-9H2,1-4H3. The van der Waals surface area contributed by atoms with E-state index in [2.05, 4.69) is 33.0 Å². The van der Waals surface area contributed by atoms with E-state index in [4.69, 9.17) is 0 Å². The quantitative estimate of drug-likeness (QED) is 0.771. The SMILES string of the molecule is CC(C)NCC(=O)N1CCC(C)(C)CC1. The third-order valence-electron chi connectivity index (χ3n) is 3.13. The minimum absolute atomic E-state index is 0.249. The Kier molecular flexibility index (Phi) is 4.14. The molecule has 0 spiro atoms. The first kappa shape index (κ1) is 12.5. The van der Waals surface area contributed by atoms with Gasteiger partial charge in [-0.05, 0) is 18.3 Å². The van der Waals surface area contributed by atoms with E-state index >= 15 is 0 Å². The molecule has 1 aliphatic heterocycles. The Balaban J connectivity index is 2.30. The third kappa shape index (κ3) is 4.20. The highest BCUT2D eigenvalue weighted by molar-refractivity contribution is 5.78. The van der Waals surface area contributed by atoms with Crippen molar-refractivity contribution in [3.8, 4) is 0 Å². The fourth-order valence-corrected chi connectivity index (χ4v) is 1.76. The second-order valence-corrected chi connectivity index (χ2v) is 5.58. The fraction of sp³-hybridized carbons (Fsp3) is 0.917. The van der Waals surface area contributed by atoms with Gasteiger partial charge in [-0.3, -0.25) is 4.79 Å². The number of hydrogen-bond acceptors (Lipinski definition) is 2. The molecule has 1 N–H and O–H groups in total. The van der Waals surface area contributed by atoms with Crippen molar-refractivity contribution in [1.82, 2.24) is 10.2 Å². The lowest BCUT2D eigenvalue weighted by atomic mass is 9.83. The minimum Gasteiger partial charge on any atom is -0.342 e. The Morgan fingerprint density at radius 1 is 1.33 bits per heavy atom. The highest BCUT2D eigenvalue weighted by Gasteiger charge is 2.27. The minimum atomic E-state index is 0.249. The molecule has 3 heteroatoms. The van der Waals surface area contributed by atoms with Gasteiger partial charge >= 0.3 is 0 Å². The van der Waals surface area contributed by atoms with Crippen molar-refractivity contribution in [2.24, 2.45) is 5.41 Å². The molecule has 0 aromatic heterocycles. The van der Waals surface area contributed by atoms with Crippen LogP contribution in [0.1, 0.15) is 40.5 Å². The number of nitrogens with one attached hydrogen (secondary N) is 1. The number of rotatable bonds is 3. The van der Waals surface area contributed by atoms with E-state index in [0.29, 0.717) is 18.0 Å². The molecule has 0 radical (unpaired) electrons. The highest BCUT2D eigenvalue weighted by Crippen LogP contribution is 2.29. The maximum Gasteiger partial charge on any atom is 0.236 e. The largest absolute Gasteiger partial charge is 0.342 e. The zero-order valence-electron chi connectivity index (χ0n) is 10.5. The molecule has 1 heterocycles. The summed E-state index contributed by atoms with van der Waals surface area (Å²) in [5, 5.41) is 3.17. The van der Waals surface area contributed by atoms with Crippen LogP contribution >= 0.6 is 0 Å². The number of hydrogen-bond donors (Lipinski definition) is 1. The van der Waals surface area contributed by atoms with E-state index in [-0.39, 0.29) is 5.91 Å². The number of amides is 1. The van der Waals surface area contributed by atoms with Crippen molar-refractivity contribution in [2.45, 2.75) is 46.6 Å². The third-order valence-corrected chi connectivity index (χ3v) is 3.13. The van der Waals surface area contributed by atoms with Gasteiger partial charge in [0.25, 0.3) is 0 Å². The van der Waals surface area contributed by atoms with Gasteiger partial charge in [-0.15, -0.1) is 0 Å². The molecule has 1 rings (SSSR count). The van der Waals surface area contributed by atoms with Crippen molar-refractivity contribution >= 4 is 5.91 Å². The summed E-state index contributed by atoms with van der Waals surface area (Å²) in [4.78, 5) is 13.8. The number of carbonyl (C=O) groups is 1. The van der Waals surface area contributed by atoms with Crippen LogP contribution in [0.5, 0.6) is 0 Å². The second-order valence-electron chi connectivity index (χ2n) is 5.58. The van der Waals surface area contributed by atoms with Crippen molar-refractivity contribution in [3.05, 3.63) is 0 Å². The van der Waals surface area contributed by atoms with Gasteiger partial charge in [-0.25, -0.2) is 0 Å². The molecule has 15 heavy (non-hydrogen) atoms. The summed E-state index contributed by atoms with van der Waals surface area (Å²) >= 11 is 0. The maximum absolute atomic E-state index is 11.8. The first-order valence-electron chi connectivity index (χ1n) is 5.92. The highest BCUT2D eigenvalue weighted by atomic mass is 16.2. The number of carbonyl (C=O) groups excluding carboxylic acids is 1. The Morgan fingerprint density at radius 3 is 2.33 bits per heavy atom. The molecule has 0 saturated carbocycles. The zero-order chi connectivity index (χ0) is 11.5. The molecule has 0 aromatic rings. The summed E-state index contributed by atoms with van der Waals surface area (Å²) in [7, 11) is 0. The van der Waals surface area contributed by atoms with Crippen LogP contribution in [-0.4, -0.2) is 36.5 Å². The van der Waals surface area contributed by atoms with Gasteiger partial charge in [-0.1, -0.05) is 27.7 Å². The maximum atomic E-state index is 11.8. The summed E-state index contributed by atoms with van der Waals surface area (Å²) in [5.74, 6) is 0.249. The van der Waals surface area contributed by atoms with Crippen LogP contribution in [0.2, 0.25) is 0 Å². The molecule has 0 bridgehead atoms. The van der Waals surface area contributed by atoms with Gasteiger partial charge < -0.3 is 10.2 Å². The van der Waals surface area contributed by atoms with E-state index < -0.39 is 0 Å². The normalized spacial score (nSPS) is 20.7. The summed E-state index contributed by atoms with van der Waals surface area (Å²) in [5.41, 5.74) is 0.419. The van der Waals surface area contributed by atoms with E-state index in [1.54, 1.807) is 0 Å². The summed E-state index contributed by atoms with van der Waals surface area (Å²) in [6.45, 7) is 11.0. The van der Waals surface area contributed by atoms with Gasteiger partial charge in [0, 0.05) is 19.1 Å². The van der Waals surface area contributed by atoms with Gasteiger partial charge in [0.2, 0.25) is 5.91 Å². The number of likely N-dealkylation sites (tertiary alicyclic amines) is 1. The lowest BCUT2D eigenvalue weighted by Gasteiger charge is -2.37. The Morgan fingerprint density at radius 2 is 1.87 bits per heavy atom. The molecule has 0 aromatic carbocycles. The van der Waals surface area contributed by atoms with Crippen LogP contribution in [0.3, 0.4) is 0 Å². The van der Waals surface area contributed by atoms with Crippen LogP contribution in [-0.2, 0) is 4.79 Å². The topological polar surface area (TPSA) is 32.3 Å². The monoisotopic (exact) mass is 212 g/mol. The summed E-state index contributed by atoms with van der Waals surface area (Å²) in [6, 6.07) is 0.384. The molecule has 0 aliphatic carbocycles. The van der Waals surface area contributed by atoms with Crippen molar-refractivity contribution in [2.75, 3.05) is 19.6 Å². The van der Waals surface area contributed by atoms with Crippen LogP contribution in [0.4, 0.5) is 0 Å². The van der Waals surface area contributed by atoms with Crippen molar-refractivity contribution in [1.29, 1.82) is 0 Å². The zero-order valence-corrected chi connectivity index (χ0v) is 10.5. The average Bonchev–Trinajstić information content (AvgIpc) is 2.14. The van der Waals surface area contributed by atoms with Gasteiger partial charge in [0.05, 0.1) is 6.54 Å². The first-order chi connectivity index (χ1) is 6.91. The van der Waals surface area contributed by atoms with E-state index in [1.165, 1.54) is 0 Å². The first-order valence-corrected chi connectivity index (χ1v) is 5.92. The molecule has 3 nitrogen and oxygen atoms in total. The van der Waals surface area contributed by atoms with Crippen LogP contribution in [0.25, 0.3) is 0 Å². The van der Waals surface area contributed by atoms with E-state index in [1.807, 2.05) is 4.90 Å². The number of nitrogens with zero attached hydrogens (tertiary/aromatic N) is 1. The molecule has 1 saturated heterocycles. The van der Waals surface area contributed by atoms with Gasteiger partial charge in [0.1, 0.15) is 0 Å². The summed E-state index contributed by atoms with van der Waals surface area (Å²) < 4.78 is 0. The molecule has 1 fully saturated rings. The molecule has 0 atom stereocenters. The van der Waals surface area contributed by atoms with Crippen LogP contribution in [0.15, 0.2) is 0 Å². The van der Waals surface area contributed by atoms with E-state index in [0.717, 1.165) is 25.9 Å². The van der Waals surface area contributed by atoms with Gasteiger partial charge in [-0.2, -0.15) is 0 Å². The second kappa shape index (κ2) is 4.97. The lowest BCUT2D eigenvalue weighted by Crippen LogP contribution is -2.45. The molecule has 1 amide bonds. The molecular weight excluding hydrogens is 188 g/mol. The smallest absolute Gasteiger partial charge is 0.236 e. The number of piperidine rings is 1. The predicted octanol–water partition coefficient (Wildman–Crippen LogP) is 1.63. The predicted molar refractivity (Wildman–Crippen MR) is 62.7 cm³/mol. The van der Waals surface area contributed by atoms with E-state index in [9.17, 15) is 4.79 Å². The van der Waals surface area contributed by atoms with Gasteiger partial charge in [0.15, 0.2) is 0 Å². The molecular formula is C12H24N2O. The van der Waals surface area contributed by atoms with Crippen LogP contribution in [0, 0.1) is 5.41 Å². The molecule has 1 aliphatic rings. The average molecular weight is 212 g/mol. The fourth-order valence-electron chi connectivity index (χ4n) is 1.76. The van der Waals surface area contributed by atoms with Crippen molar-refractivity contribution < 1.29 is 4.79 Å². The lowest BCUT2D eigenvalue weighted by molar-refractivity contribution is -0.132. The Hall–Kier alpha value is -0.570. The molecule has 88 valence electrons. The van der Waals surface area contributed by atoms with Crippen LogP contribution < -0.4 is 5.32 Å². The van der Waals surface area contributed by atoms with Crippen molar-refractivity contribution in [3.63, 3.8) is 0 Å². The Bertz CT molecular complexity index is 214.